The molecule has 0 fully saturated rings. The van der Waals surface area contributed by atoms with Crippen LogP contribution >= 0.6 is 11.6 Å². The molecule has 0 radical (unpaired) electrons. The summed E-state index contributed by atoms with van der Waals surface area (Å²) in [6.45, 7) is 2.68. The summed E-state index contributed by atoms with van der Waals surface area (Å²) in [7, 11) is 1.60. The molecule has 0 atom stereocenters. The van der Waals surface area contributed by atoms with Crippen molar-refractivity contribution in [3.05, 3.63) is 23.6 Å². The van der Waals surface area contributed by atoms with Crippen molar-refractivity contribution in [2.45, 2.75) is 13.3 Å². The van der Waals surface area contributed by atoms with Crippen molar-refractivity contribution >= 4 is 22.5 Å². The van der Waals surface area contributed by atoms with Gasteiger partial charge in [0, 0.05) is 11.5 Å². The Morgan fingerprint density at radius 3 is 2.76 bits per heavy atom. The van der Waals surface area contributed by atoms with E-state index in [1.165, 1.54) is 6.33 Å². The number of aromatic nitrogens is 2. The second kappa shape index (κ2) is 5.19. The molecule has 0 saturated heterocycles. The number of fused-ring (bicyclic) bond motifs is 1. The van der Waals surface area contributed by atoms with Crippen LogP contribution in [0.25, 0.3) is 10.9 Å². The minimum atomic E-state index is 0.416. The summed E-state index contributed by atoms with van der Waals surface area (Å²) >= 11 is 6.01. The molecule has 0 spiro atoms. The molecule has 17 heavy (non-hydrogen) atoms. The van der Waals surface area contributed by atoms with Gasteiger partial charge in [-0.2, -0.15) is 0 Å². The Bertz CT molecular complexity index is 531. The largest absolute Gasteiger partial charge is 0.493 e. The number of rotatable bonds is 4. The molecule has 0 aliphatic heterocycles. The highest BCUT2D eigenvalue weighted by Gasteiger charge is 2.10. The molecule has 5 heteroatoms. The van der Waals surface area contributed by atoms with E-state index in [4.69, 9.17) is 21.1 Å². The maximum Gasteiger partial charge on any atom is 0.162 e. The van der Waals surface area contributed by atoms with E-state index < -0.39 is 0 Å². The zero-order valence-corrected chi connectivity index (χ0v) is 10.5. The van der Waals surface area contributed by atoms with Crippen LogP contribution in [0.2, 0.25) is 5.15 Å². The quantitative estimate of drug-likeness (QED) is 0.785. The average molecular weight is 253 g/mol. The summed E-state index contributed by atoms with van der Waals surface area (Å²) in [4.78, 5) is 8.08. The van der Waals surface area contributed by atoms with E-state index in [0.29, 0.717) is 23.3 Å². The molecule has 0 aliphatic carbocycles. The first kappa shape index (κ1) is 11.9. The predicted molar refractivity (Wildman–Crippen MR) is 66.9 cm³/mol. The van der Waals surface area contributed by atoms with Crippen molar-refractivity contribution < 1.29 is 9.47 Å². The van der Waals surface area contributed by atoms with E-state index >= 15 is 0 Å². The van der Waals surface area contributed by atoms with Crippen LogP contribution in [-0.4, -0.2) is 23.7 Å². The first-order valence-electron chi connectivity index (χ1n) is 5.37. The van der Waals surface area contributed by atoms with Crippen LogP contribution < -0.4 is 9.47 Å². The Morgan fingerprint density at radius 1 is 1.24 bits per heavy atom. The van der Waals surface area contributed by atoms with E-state index in [1.807, 2.05) is 13.0 Å². The van der Waals surface area contributed by atoms with Gasteiger partial charge < -0.3 is 9.47 Å². The lowest BCUT2D eigenvalue weighted by molar-refractivity contribution is 0.295. The van der Waals surface area contributed by atoms with Gasteiger partial charge in [-0.1, -0.05) is 18.5 Å². The third kappa shape index (κ3) is 2.42. The Hall–Kier alpha value is -1.55. The molecule has 2 aromatic rings. The van der Waals surface area contributed by atoms with Gasteiger partial charge in [0.2, 0.25) is 0 Å². The summed E-state index contributed by atoms with van der Waals surface area (Å²) < 4.78 is 10.9. The van der Waals surface area contributed by atoms with Crippen molar-refractivity contribution in [3.8, 4) is 11.5 Å². The maximum atomic E-state index is 6.01. The first-order valence-corrected chi connectivity index (χ1v) is 5.75. The predicted octanol–water partition coefficient (Wildman–Crippen LogP) is 3.08. The van der Waals surface area contributed by atoms with Crippen LogP contribution in [0, 0.1) is 0 Å². The maximum absolute atomic E-state index is 6.01. The molecule has 0 saturated carbocycles. The number of halogens is 1. The van der Waals surface area contributed by atoms with E-state index in [9.17, 15) is 0 Å². The summed E-state index contributed by atoms with van der Waals surface area (Å²) in [6.07, 6.45) is 2.36. The van der Waals surface area contributed by atoms with Crippen LogP contribution in [0.15, 0.2) is 18.5 Å². The minimum Gasteiger partial charge on any atom is -0.493 e. The highest BCUT2D eigenvalue weighted by molar-refractivity contribution is 6.34. The van der Waals surface area contributed by atoms with Crippen LogP contribution in [0.1, 0.15) is 13.3 Å². The summed E-state index contributed by atoms with van der Waals surface area (Å²) in [5, 5.41) is 1.18. The Kier molecular flexibility index (Phi) is 3.64. The fraction of sp³-hybridized carbons (Fsp3) is 0.333. The summed E-state index contributed by atoms with van der Waals surface area (Å²) in [6, 6.07) is 3.61. The van der Waals surface area contributed by atoms with Crippen LogP contribution in [0.5, 0.6) is 11.5 Å². The molecule has 0 unspecified atom stereocenters. The molecule has 90 valence electrons. The molecular formula is C12H13ClN2O2. The second-order valence-electron chi connectivity index (χ2n) is 3.53. The van der Waals surface area contributed by atoms with Crippen molar-refractivity contribution in [1.82, 2.24) is 9.97 Å². The van der Waals surface area contributed by atoms with Gasteiger partial charge in [0.25, 0.3) is 0 Å². The van der Waals surface area contributed by atoms with Crippen molar-refractivity contribution in [2.24, 2.45) is 0 Å². The smallest absolute Gasteiger partial charge is 0.162 e. The Balaban J connectivity index is 2.53. The van der Waals surface area contributed by atoms with Gasteiger partial charge >= 0.3 is 0 Å². The van der Waals surface area contributed by atoms with Gasteiger partial charge in [-0.25, -0.2) is 9.97 Å². The van der Waals surface area contributed by atoms with Crippen LogP contribution in [-0.2, 0) is 0 Å². The molecule has 1 heterocycles. The fourth-order valence-corrected chi connectivity index (χ4v) is 1.71. The van der Waals surface area contributed by atoms with Crippen molar-refractivity contribution in [3.63, 3.8) is 0 Å². The highest BCUT2D eigenvalue weighted by Crippen LogP contribution is 2.33. The molecular weight excluding hydrogens is 240 g/mol. The van der Waals surface area contributed by atoms with Crippen molar-refractivity contribution in [2.75, 3.05) is 13.7 Å². The molecule has 1 aromatic heterocycles. The average Bonchev–Trinajstić information content (AvgIpc) is 2.36. The monoisotopic (exact) mass is 252 g/mol. The van der Waals surface area contributed by atoms with Gasteiger partial charge in [0.1, 0.15) is 11.5 Å². The van der Waals surface area contributed by atoms with E-state index in [-0.39, 0.29) is 0 Å². The summed E-state index contributed by atoms with van der Waals surface area (Å²) in [5.74, 6) is 1.32. The van der Waals surface area contributed by atoms with Crippen molar-refractivity contribution in [1.29, 1.82) is 0 Å². The second-order valence-corrected chi connectivity index (χ2v) is 3.89. The van der Waals surface area contributed by atoms with Gasteiger partial charge in [0.05, 0.1) is 19.2 Å². The first-order chi connectivity index (χ1) is 8.26. The van der Waals surface area contributed by atoms with Gasteiger partial charge in [-0.3, -0.25) is 0 Å². The number of methoxy groups -OCH3 is 1. The number of ether oxygens (including phenoxy) is 2. The lowest BCUT2D eigenvalue weighted by Crippen LogP contribution is -1.98. The Labute approximate surface area is 105 Å². The topological polar surface area (TPSA) is 44.2 Å². The normalized spacial score (nSPS) is 10.5. The fourth-order valence-electron chi connectivity index (χ4n) is 1.52. The number of hydrogen-bond acceptors (Lipinski definition) is 4. The van der Waals surface area contributed by atoms with Crippen LogP contribution in [0.3, 0.4) is 0 Å². The van der Waals surface area contributed by atoms with E-state index in [1.54, 1.807) is 13.2 Å². The third-order valence-corrected chi connectivity index (χ3v) is 2.63. The van der Waals surface area contributed by atoms with Crippen LogP contribution in [0.4, 0.5) is 0 Å². The molecule has 2 rings (SSSR count). The van der Waals surface area contributed by atoms with E-state index in [0.717, 1.165) is 17.3 Å². The zero-order valence-electron chi connectivity index (χ0n) is 9.74. The standard InChI is InChI=1S/C12H13ClN2O2/c1-3-4-17-11-5-8-9(6-10(11)16-2)14-7-15-12(8)13/h5-7H,3-4H2,1-2H3. The lowest BCUT2D eigenvalue weighted by Gasteiger charge is -2.11. The van der Waals surface area contributed by atoms with E-state index in [2.05, 4.69) is 9.97 Å². The molecule has 0 bridgehead atoms. The highest BCUT2D eigenvalue weighted by atomic mass is 35.5. The van der Waals surface area contributed by atoms with Gasteiger partial charge in [-0.05, 0) is 12.5 Å². The minimum absolute atomic E-state index is 0.416. The molecule has 4 nitrogen and oxygen atoms in total. The summed E-state index contributed by atoms with van der Waals surface area (Å²) in [5.41, 5.74) is 0.741. The van der Waals surface area contributed by atoms with Gasteiger partial charge in [0.15, 0.2) is 11.5 Å². The third-order valence-electron chi connectivity index (χ3n) is 2.33. The molecule has 0 aliphatic rings. The number of benzene rings is 1. The molecule has 0 amide bonds. The molecule has 1 aromatic carbocycles. The SMILES string of the molecule is CCCOc1cc2c(Cl)ncnc2cc1OC. The zero-order chi connectivity index (χ0) is 12.3. The molecule has 0 N–H and O–H groups in total. The Morgan fingerprint density at radius 2 is 2.06 bits per heavy atom. The number of hydrogen-bond donors (Lipinski definition) is 0. The lowest BCUT2D eigenvalue weighted by atomic mass is 10.2. The van der Waals surface area contributed by atoms with Gasteiger partial charge in [-0.15, -0.1) is 0 Å². The number of nitrogens with zero attached hydrogens (tertiary/aromatic N) is 2.